The van der Waals surface area contributed by atoms with Gasteiger partial charge >= 0.3 is 5.97 Å². The third kappa shape index (κ3) is 4.22. The third-order valence-electron chi connectivity index (χ3n) is 7.74. The van der Waals surface area contributed by atoms with Crippen LogP contribution in [0.4, 0.5) is 0 Å². The number of esters is 1. The van der Waals surface area contributed by atoms with Crippen molar-refractivity contribution in [2.75, 3.05) is 7.11 Å². The number of benzene rings is 2. The van der Waals surface area contributed by atoms with Gasteiger partial charge in [-0.2, -0.15) is 0 Å². The number of carbonyl (C=O) groups is 1. The molecule has 0 N–H and O–H groups in total. The summed E-state index contributed by atoms with van der Waals surface area (Å²) in [6.45, 7) is 16.5. The molecule has 31 heavy (non-hydrogen) atoms. The van der Waals surface area contributed by atoms with Crippen molar-refractivity contribution in [1.82, 2.24) is 0 Å². The summed E-state index contributed by atoms with van der Waals surface area (Å²) >= 11 is 0. The van der Waals surface area contributed by atoms with E-state index in [1.54, 1.807) is 0 Å². The molecule has 3 rings (SSSR count). The van der Waals surface area contributed by atoms with Crippen LogP contribution in [0.15, 0.2) is 36.4 Å². The van der Waals surface area contributed by atoms with Gasteiger partial charge in [-0.3, -0.25) is 0 Å². The van der Waals surface area contributed by atoms with Gasteiger partial charge in [0.25, 0.3) is 0 Å². The lowest BCUT2D eigenvalue weighted by molar-refractivity contribution is 0.0600. The molecule has 2 heteroatoms. The molecule has 166 valence electrons. The molecular formula is C29H38O2. The number of ether oxygens (including phenoxy) is 1. The SMILES string of the molecule is CCCCc1cc2c(cc1C(C)=Cc1ccc(C(=O)OC)cc1)C(C)(C)C(C)C2(C)C. The molecule has 0 saturated heterocycles. The predicted octanol–water partition coefficient (Wildman–Crippen LogP) is 7.58. The minimum absolute atomic E-state index is 0.152. The van der Waals surface area contributed by atoms with Gasteiger partial charge in [0, 0.05) is 0 Å². The monoisotopic (exact) mass is 418 g/mol. The first-order valence-corrected chi connectivity index (χ1v) is 11.6. The molecular weight excluding hydrogens is 380 g/mol. The van der Waals surface area contributed by atoms with E-state index in [0.717, 1.165) is 12.0 Å². The van der Waals surface area contributed by atoms with E-state index >= 15 is 0 Å². The predicted molar refractivity (Wildman–Crippen MR) is 132 cm³/mol. The maximum Gasteiger partial charge on any atom is 0.337 e. The van der Waals surface area contributed by atoms with Crippen molar-refractivity contribution in [2.45, 2.75) is 78.6 Å². The summed E-state index contributed by atoms with van der Waals surface area (Å²) < 4.78 is 4.81. The molecule has 0 spiro atoms. The normalized spacial score (nSPS) is 19.2. The van der Waals surface area contributed by atoms with E-state index in [4.69, 9.17) is 4.74 Å². The fourth-order valence-electron chi connectivity index (χ4n) is 5.18. The van der Waals surface area contributed by atoms with Crippen molar-refractivity contribution in [3.05, 3.63) is 69.8 Å². The Labute approximate surface area is 188 Å². The van der Waals surface area contributed by atoms with Crippen molar-refractivity contribution in [3.8, 4) is 0 Å². The molecule has 1 aliphatic carbocycles. The highest BCUT2D eigenvalue weighted by Gasteiger charge is 2.48. The average molecular weight is 419 g/mol. The molecule has 0 aromatic heterocycles. The standard InChI is InChI=1S/C29H38O2/c1-9-10-11-23-17-25-26(29(6,7)20(3)28(25,4)5)18-24(23)19(2)16-21-12-14-22(15-13-21)27(30)31-8/h12-18,20H,9-11H2,1-8H3. The van der Waals surface area contributed by atoms with Gasteiger partial charge in [0.15, 0.2) is 0 Å². The van der Waals surface area contributed by atoms with Gasteiger partial charge in [-0.05, 0) is 82.0 Å². The molecule has 0 aliphatic heterocycles. The molecule has 1 unspecified atom stereocenters. The van der Waals surface area contributed by atoms with Crippen molar-refractivity contribution in [2.24, 2.45) is 5.92 Å². The Morgan fingerprint density at radius 2 is 1.61 bits per heavy atom. The highest BCUT2D eigenvalue weighted by Crippen LogP contribution is 2.54. The van der Waals surface area contributed by atoms with Crippen LogP contribution in [0.25, 0.3) is 11.6 Å². The number of hydrogen-bond donors (Lipinski definition) is 0. The maximum atomic E-state index is 11.7. The molecule has 2 aromatic carbocycles. The Hall–Kier alpha value is -2.35. The van der Waals surface area contributed by atoms with Crippen LogP contribution >= 0.6 is 0 Å². The van der Waals surface area contributed by atoms with Crippen molar-refractivity contribution < 1.29 is 9.53 Å². The zero-order valence-electron chi connectivity index (χ0n) is 20.6. The average Bonchev–Trinajstić information content (AvgIpc) is 2.88. The molecule has 0 saturated carbocycles. The lowest BCUT2D eigenvalue weighted by atomic mass is 9.71. The number of methoxy groups -OCH3 is 1. The topological polar surface area (TPSA) is 26.3 Å². The summed E-state index contributed by atoms with van der Waals surface area (Å²) in [6, 6.07) is 12.6. The van der Waals surface area contributed by atoms with Gasteiger partial charge in [-0.1, -0.05) is 78.3 Å². The first kappa shape index (κ1) is 23.3. The van der Waals surface area contributed by atoms with Gasteiger partial charge in [0.2, 0.25) is 0 Å². The lowest BCUT2D eigenvalue weighted by Gasteiger charge is -2.32. The van der Waals surface area contributed by atoms with Crippen molar-refractivity contribution in [3.63, 3.8) is 0 Å². The summed E-state index contributed by atoms with van der Waals surface area (Å²) in [5.74, 6) is 0.283. The number of rotatable bonds is 6. The second kappa shape index (κ2) is 8.65. The second-order valence-corrected chi connectivity index (χ2v) is 10.3. The van der Waals surface area contributed by atoms with Gasteiger partial charge in [0.05, 0.1) is 12.7 Å². The number of unbranched alkanes of at least 4 members (excludes halogenated alkanes) is 1. The quantitative estimate of drug-likeness (QED) is 0.357. The van der Waals surface area contributed by atoms with Crippen molar-refractivity contribution in [1.29, 1.82) is 0 Å². The largest absolute Gasteiger partial charge is 0.465 e. The first-order valence-electron chi connectivity index (χ1n) is 11.6. The molecule has 0 amide bonds. The number of fused-ring (bicyclic) bond motifs is 1. The van der Waals surface area contributed by atoms with Crippen LogP contribution in [-0.2, 0) is 22.0 Å². The Morgan fingerprint density at radius 1 is 1.03 bits per heavy atom. The van der Waals surface area contributed by atoms with Crippen LogP contribution in [0, 0.1) is 5.92 Å². The molecule has 0 fully saturated rings. The van der Waals surface area contributed by atoms with E-state index in [-0.39, 0.29) is 16.8 Å². The number of allylic oxidation sites excluding steroid dienone is 1. The molecule has 2 aromatic rings. The smallest absolute Gasteiger partial charge is 0.337 e. The van der Waals surface area contributed by atoms with Crippen LogP contribution in [0.1, 0.15) is 99.5 Å². The fraction of sp³-hybridized carbons (Fsp3) is 0.483. The van der Waals surface area contributed by atoms with E-state index < -0.39 is 0 Å². The second-order valence-electron chi connectivity index (χ2n) is 10.3. The van der Waals surface area contributed by atoms with Crippen LogP contribution in [0.2, 0.25) is 0 Å². The van der Waals surface area contributed by atoms with Gasteiger partial charge in [-0.25, -0.2) is 4.79 Å². The molecule has 2 nitrogen and oxygen atoms in total. The number of aryl methyl sites for hydroxylation is 1. The molecule has 0 radical (unpaired) electrons. The van der Waals surface area contributed by atoms with Crippen LogP contribution in [0.5, 0.6) is 0 Å². The maximum absolute atomic E-state index is 11.7. The zero-order valence-corrected chi connectivity index (χ0v) is 20.6. The number of carbonyl (C=O) groups excluding carboxylic acids is 1. The van der Waals surface area contributed by atoms with E-state index in [0.29, 0.717) is 11.5 Å². The Bertz CT molecular complexity index is 990. The Kier molecular flexibility index (Phi) is 6.51. The summed E-state index contributed by atoms with van der Waals surface area (Å²) in [6.07, 6.45) is 5.73. The fourth-order valence-corrected chi connectivity index (χ4v) is 5.18. The molecule has 0 heterocycles. The summed E-state index contributed by atoms with van der Waals surface area (Å²) in [7, 11) is 1.41. The Balaban J connectivity index is 2.08. The number of hydrogen-bond acceptors (Lipinski definition) is 2. The van der Waals surface area contributed by atoms with Crippen LogP contribution < -0.4 is 0 Å². The summed E-state index contributed by atoms with van der Waals surface area (Å²) in [4.78, 5) is 11.7. The summed E-state index contributed by atoms with van der Waals surface area (Å²) in [5, 5.41) is 0. The van der Waals surface area contributed by atoms with Gasteiger partial charge in [0.1, 0.15) is 0 Å². The minimum atomic E-state index is -0.299. The van der Waals surface area contributed by atoms with Crippen LogP contribution in [-0.4, -0.2) is 13.1 Å². The van der Waals surface area contributed by atoms with E-state index in [1.807, 2.05) is 24.3 Å². The first-order chi connectivity index (χ1) is 14.5. The Morgan fingerprint density at radius 3 is 2.16 bits per heavy atom. The lowest BCUT2D eigenvalue weighted by Crippen LogP contribution is -2.30. The zero-order chi connectivity index (χ0) is 23.0. The molecule has 0 bridgehead atoms. The van der Waals surface area contributed by atoms with Gasteiger partial charge in [-0.15, -0.1) is 0 Å². The van der Waals surface area contributed by atoms with Gasteiger partial charge < -0.3 is 4.74 Å². The minimum Gasteiger partial charge on any atom is -0.465 e. The molecule has 1 aliphatic rings. The van der Waals surface area contributed by atoms with E-state index in [9.17, 15) is 4.79 Å². The van der Waals surface area contributed by atoms with E-state index in [1.165, 1.54) is 47.8 Å². The van der Waals surface area contributed by atoms with E-state index in [2.05, 4.69) is 66.7 Å². The third-order valence-corrected chi connectivity index (χ3v) is 7.74. The molecule has 1 atom stereocenters. The van der Waals surface area contributed by atoms with Crippen molar-refractivity contribution >= 4 is 17.6 Å². The highest BCUT2D eigenvalue weighted by atomic mass is 16.5. The van der Waals surface area contributed by atoms with Crippen LogP contribution in [0.3, 0.4) is 0 Å². The summed E-state index contributed by atoms with van der Waals surface area (Å²) in [5.41, 5.74) is 9.12. The highest BCUT2D eigenvalue weighted by molar-refractivity contribution is 5.90.